The Morgan fingerprint density at radius 3 is 2.87 bits per heavy atom. The van der Waals surface area contributed by atoms with E-state index in [9.17, 15) is 4.79 Å². The molecule has 0 aromatic carbocycles. The second kappa shape index (κ2) is 5.27. The monoisotopic (exact) mass is 275 g/mol. The van der Waals surface area contributed by atoms with E-state index in [1.165, 1.54) is 0 Å². The van der Waals surface area contributed by atoms with E-state index in [0.29, 0.717) is 6.54 Å². The van der Waals surface area contributed by atoms with E-state index in [0.717, 1.165) is 22.4 Å². The van der Waals surface area contributed by atoms with Crippen LogP contribution in [-0.2, 0) is 17.9 Å². The molecular formula is C9H14BrN3O2. The van der Waals surface area contributed by atoms with E-state index in [2.05, 4.69) is 26.3 Å². The summed E-state index contributed by atoms with van der Waals surface area (Å²) in [6, 6.07) is 0. The zero-order valence-corrected chi connectivity index (χ0v) is 10.3. The van der Waals surface area contributed by atoms with Gasteiger partial charge in [0.15, 0.2) is 0 Å². The summed E-state index contributed by atoms with van der Waals surface area (Å²) in [6.45, 7) is 5.15. The molecule has 0 aliphatic rings. The molecule has 0 aliphatic carbocycles. The molecule has 2 N–H and O–H groups in total. The van der Waals surface area contributed by atoms with Crippen LogP contribution in [-0.4, -0.2) is 27.4 Å². The molecule has 1 rings (SSSR count). The lowest BCUT2D eigenvalue weighted by Crippen LogP contribution is -2.23. The lowest BCUT2D eigenvalue weighted by molar-refractivity contribution is -0.136. The van der Waals surface area contributed by atoms with Crippen LogP contribution in [0.25, 0.3) is 0 Å². The first-order valence-corrected chi connectivity index (χ1v) is 5.49. The molecule has 0 amide bonds. The van der Waals surface area contributed by atoms with Crippen molar-refractivity contribution in [3.05, 3.63) is 15.9 Å². The van der Waals surface area contributed by atoms with E-state index in [1.54, 1.807) is 0 Å². The summed E-state index contributed by atoms with van der Waals surface area (Å²) < 4.78 is 2.80. The van der Waals surface area contributed by atoms with E-state index in [1.807, 2.05) is 18.5 Å². The van der Waals surface area contributed by atoms with Gasteiger partial charge in [-0.3, -0.25) is 9.48 Å². The molecule has 1 aromatic heterocycles. The van der Waals surface area contributed by atoms with Gasteiger partial charge in [0.2, 0.25) is 0 Å². The van der Waals surface area contributed by atoms with E-state index < -0.39 is 5.97 Å². The molecule has 1 aromatic rings. The Morgan fingerprint density at radius 2 is 2.33 bits per heavy atom. The number of hydrogen-bond donors (Lipinski definition) is 2. The Bertz CT molecular complexity index is 362. The van der Waals surface area contributed by atoms with Crippen molar-refractivity contribution in [3.63, 3.8) is 0 Å². The second-order valence-corrected chi connectivity index (χ2v) is 3.95. The number of aryl methyl sites for hydroxylation is 2. The number of halogens is 1. The molecule has 0 saturated heterocycles. The van der Waals surface area contributed by atoms with Gasteiger partial charge in [-0.25, -0.2) is 0 Å². The van der Waals surface area contributed by atoms with E-state index in [-0.39, 0.29) is 6.54 Å². The van der Waals surface area contributed by atoms with Crippen LogP contribution < -0.4 is 5.32 Å². The highest BCUT2D eigenvalue weighted by molar-refractivity contribution is 9.10. The molecule has 0 spiro atoms. The predicted molar refractivity (Wildman–Crippen MR) is 59.7 cm³/mol. The third-order valence-corrected chi connectivity index (χ3v) is 3.05. The smallest absolute Gasteiger partial charge is 0.317 e. The minimum absolute atomic E-state index is 0.0413. The van der Waals surface area contributed by atoms with Crippen LogP contribution in [0.3, 0.4) is 0 Å². The zero-order valence-electron chi connectivity index (χ0n) is 8.75. The molecule has 0 fully saturated rings. The van der Waals surface area contributed by atoms with Gasteiger partial charge in [0.25, 0.3) is 0 Å². The molecule has 0 unspecified atom stereocenters. The lowest BCUT2D eigenvalue weighted by atomic mass is 10.3. The Kier molecular flexibility index (Phi) is 4.28. The molecular weight excluding hydrogens is 262 g/mol. The first-order chi connectivity index (χ1) is 7.06. The fraction of sp³-hybridized carbons (Fsp3) is 0.556. The van der Waals surface area contributed by atoms with Crippen molar-refractivity contribution in [3.8, 4) is 0 Å². The van der Waals surface area contributed by atoms with Crippen molar-refractivity contribution >= 4 is 21.9 Å². The van der Waals surface area contributed by atoms with Gasteiger partial charge in [0.05, 0.1) is 22.4 Å². The van der Waals surface area contributed by atoms with Crippen molar-refractivity contribution in [1.29, 1.82) is 0 Å². The molecule has 0 atom stereocenters. The molecule has 84 valence electrons. The van der Waals surface area contributed by atoms with E-state index >= 15 is 0 Å². The molecule has 15 heavy (non-hydrogen) atoms. The summed E-state index contributed by atoms with van der Waals surface area (Å²) in [5, 5.41) is 15.6. The van der Waals surface area contributed by atoms with Crippen LogP contribution in [0.1, 0.15) is 18.3 Å². The average molecular weight is 276 g/mol. The van der Waals surface area contributed by atoms with Crippen molar-refractivity contribution in [1.82, 2.24) is 15.1 Å². The highest BCUT2D eigenvalue weighted by atomic mass is 79.9. The quantitative estimate of drug-likeness (QED) is 0.846. The average Bonchev–Trinajstić information content (AvgIpc) is 2.44. The summed E-state index contributed by atoms with van der Waals surface area (Å²) in [5.41, 5.74) is 1.90. The molecule has 0 saturated carbocycles. The Labute approximate surface area is 96.6 Å². The third kappa shape index (κ3) is 3.04. The van der Waals surface area contributed by atoms with Crippen LogP contribution >= 0.6 is 15.9 Å². The topological polar surface area (TPSA) is 67.2 Å². The second-order valence-electron chi connectivity index (χ2n) is 3.16. The number of aromatic nitrogens is 2. The van der Waals surface area contributed by atoms with Crippen molar-refractivity contribution < 1.29 is 9.90 Å². The van der Waals surface area contributed by atoms with Gasteiger partial charge in [-0.1, -0.05) is 0 Å². The number of carboxylic acids is 1. The number of carbonyl (C=O) groups is 1. The fourth-order valence-electron chi connectivity index (χ4n) is 1.33. The van der Waals surface area contributed by atoms with Crippen LogP contribution in [0.2, 0.25) is 0 Å². The van der Waals surface area contributed by atoms with Gasteiger partial charge < -0.3 is 10.4 Å². The number of nitrogens with one attached hydrogen (secondary N) is 1. The number of hydrogen-bond acceptors (Lipinski definition) is 3. The van der Waals surface area contributed by atoms with E-state index in [4.69, 9.17) is 5.11 Å². The fourth-order valence-corrected chi connectivity index (χ4v) is 1.75. The maximum Gasteiger partial charge on any atom is 0.317 e. The number of nitrogens with zero attached hydrogens (tertiary/aromatic N) is 2. The zero-order chi connectivity index (χ0) is 11.4. The van der Waals surface area contributed by atoms with Gasteiger partial charge in [0.1, 0.15) is 0 Å². The third-order valence-electron chi connectivity index (χ3n) is 2.02. The standard InChI is InChI=1S/C9H14BrN3O2/c1-3-13-7(4-11-5-8(14)15)9(10)6(2)12-13/h11H,3-5H2,1-2H3,(H,14,15). The van der Waals surface area contributed by atoms with Crippen molar-refractivity contribution in [2.75, 3.05) is 6.54 Å². The Morgan fingerprint density at radius 1 is 1.67 bits per heavy atom. The van der Waals surface area contributed by atoms with Crippen molar-refractivity contribution in [2.45, 2.75) is 26.9 Å². The van der Waals surface area contributed by atoms with Crippen LogP contribution in [0.15, 0.2) is 4.47 Å². The first-order valence-electron chi connectivity index (χ1n) is 4.70. The molecule has 6 heteroatoms. The number of aliphatic carboxylic acids is 1. The predicted octanol–water partition coefficient (Wildman–Crippen LogP) is 1.15. The SMILES string of the molecule is CCn1nc(C)c(Br)c1CNCC(=O)O. The number of carboxylic acid groups (broad SMARTS) is 1. The summed E-state index contributed by atoms with van der Waals surface area (Å²) in [7, 11) is 0. The summed E-state index contributed by atoms with van der Waals surface area (Å²) in [6.07, 6.45) is 0. The molecule has 0 radical (unpaired) electrons. The van der Waals surface area contributed by atoms with Crippen LogP contribution in [0.4, 0.5) is 0 Å². The minimum atomic E-state index is -0.856. The van der Waals surface area contributed by atoms with Crippen LogP contribution in [0, 0.1) is 6.92 Å². The molecule has 0 aliphatic heterocycles. The Hall–Kier alpha value is -0.880. The highest BCUT2D eigenvalue weighted by Crippen LogP contribution is 2.20. The normalized spacial score (nSPS) is 10.6. The van der Waals surface area contributed by atoms with Crippen LogP contribution in [0.5, 0.6) is 0 Å². The summed E-state index contributed by atoms with van der Waals surface area (Å²) in [4.78, 5) is 10.3. The maximum absolute atomic E-state index is 10.3. The van der Waals surface area contributed by atoms with Gasteiger partial charge >= 0.3 is 5.97 Å². The van der Waals surface area contributed by atoms with Crippen molar-refractivity contribution in [2.24, 2.45) is 0 Å². The largest absolute Gasteiger partial charge is 0.480 e. The summed E-state index contributed by atoms with van der Waals surface area (Å²) >= 11 is 3.44. The number of rotatable bonds is 5. The van der Waals surface area contributed by atoms with Gasteiger partial charge in [-0.2, -0.15) is 5.10 Å². The Balaban J connectivity index is 2.70. The maximum atomic E-state index is 10.3. The first kappa shape index (κ1) is 12.2. The minimum Gasteiger partial charge on any atom is -0.480 e. The van der Waals surface area contributed by atoms with Gasteiger partial charge in [-0.05, 0) is 29.8 Å². The molecule has 1 heterocycles. The van der Waals surface area contributed by atoms with Gasteiger partial charge in [-0.15, -0.1) is 0 Å². The lowest BCUT2D eigenvalue weighted by Gasteiger charge is -2.05. The molecule has 0 bridgehead atoms. The highest BCUT2D eigenvalue weighted by Gasteiger charge is 2.11. The summed E-state index contributed by atoms with van der Waals surface area (Å²) in [5.74, 6) is -0.856. The molecule has 5 nitrogen and oxygen atoms in total. The van der Waals surface area contributed by atoms with Gasteiger partial charge in [0, 0.05) is 13.1 Å².